The van der Waals surface area contributed by atoms with Crippen molar-refractivity contribution < 1.29 is 19.4 Å². The summed E-state index contributed by atoms with van der Waals surface area (Å²) in [5.41, 5.74) is 5.14. The van der Waals surface area contributed by atoms with Crippen molar-refractivity contribution in [2.75, 3.05) is 31.2 Å². The zero-order chi connectivity index (χ0) is 25.1. The molecule has 1 aliphatic heterocycles. The van der Waals surface area contributed by atoms with Gasteiger partial charge in [0.15, 0.2) is 5.75 Å². The van der Waals surface area contributed by atoms with Crippen molar-refractivity contribution in [3.63, 3.8) is 0 Å². The van der Waals surface area contributed by atoms with E-state index in [9.17, 15) is 9.90 Å². The molecule has 1 fully saturated rings. The number of hydrogen-bond acceptors (Lipinski definition) is 7. The number of nitrogens with zero attached hydrogens (tertiary/aromatic N) is 3. The van der Waals surface area contributed by atoms with Crippen molar-refractivity contribution in [3.05, 3.63) is 70.2 Å². The van der Waals surface area contributed by atoms with Crippen molar-refractivity contribution in [2.24, 2.45) is 5.92 Å². The first-order chi connectivity index (χ1) is 17.5. The second kappa shape index (κ2) is 10.6. The van der Waals surface area contributed by atoms with Gasteiger partial charge in [-0.2, -0.15) is 0 Å². The number of hydrogen-bond donors (Lipinski definition) is 1. The lowest BCUT2D eigenvalue weighted by Gasteiger charge is -2.28. The molecule has 0 radical (unpaired) electrons. The fraction of sp³-hybridized carbons (Fsp3) is 0.321. The van der Waals surface area contributed by atoms with Crippen LogP contribution >= 0.6 is 11.3 Å². The largest absolute Gasteiger partial charge is 0.511 e. The number of aromatic nitrogens is 2. The Morgan fingerprint density at radius 2 is 1.94 bits per heavy atom. The molecule has 1 saturated heterocycles. The van der Waals surface area contributed by atoms with Gasteiger partial charge in [0.05, 0.1) is 23.6 Å². The molecule has 0 saturated carbocycles. The van der Waals surface area contributed by atoms with Crippen molar-refractivity contribution in [2.45, 2.75) is 26.7 Å². The van der Waals surface area contributed by atoms with Crippen LogP contribution in [-0.4, -0.2) is 47.5 Å². The molecule has 8 heteroatoms. The predicted octanol–water partition coefficient (Wildman–Crippen LogP) is 6.04. The molecule has 0 aliphatic carbocycles. The van der Waals surface area contributed by atoms with Crippen molar-refractivity contribution in [3.8, 4) is 16.9 Å². The predicted molar refractivity (Wildman–Crippen MR) is 142 cm³/mol. The number of benzene rings is 2. The van der Waals surface area contributed by atoms with Gasteiger partial charge in [0.1, 0.15) is 12.1 Å². The molecule has 7 nitrogen and oxygen atoms in total. The summed E-state index contributed by atoms with van der Waals surface area (Å²) in [6.07, 6.45) is 1.74. The number of ether oxygens (including phenoxy) is 2. The molecule has 0 atom stereocenters. The second-order valence-electron chi connectivity index (χ2n) is 9.38. The molecule has 186 valence electrons. The van der Waals surface area contributed by atoms with Gasteiger partial charge in [0.25, 0.3) is 0 Å². The maximum Gasteiger partial charge on any atom is 0.511 e. The molecule has 36 heavy (non-hydrogen) atoms. The number of thiophene rings is 1. The fourth-order valence-corrected chi connectivity index (χ4v) is 5.65. The van der Waals surface area contributed by atoms with Gasteiger partial charge in [0, 0.05) is 30.5 Å². The van der Waals surface area contributed by atoms with Crippen LogP contribution in [0.15, 0.2) is 54.2 Å². The maximum atomic E-state index is 11.4. The third-order valence-corrected chi connectivity index (χ3v) is 7.27. The van der Waals surface area contributed by atoms with Crippen LogP contribution in [0.1, 0.15) is 29.9 Å². The number of carboxylic acid groups (broad SMARTS) is 1. The first kappa shape index (κ1) is 24.2. The van der Waals surface area contributed by atoms with Crippen molar-refractivity contribution >= 4 is 34.2 Å². The van der Waals surface area contributed by atoms with Gasteiger partial charge in [-0.1, -0.05) is 44.2 Å². The van der Waals surface area contributed by atoms with E-state index in [0.29, 0.717) is 31.3 Å². The first-order valence-electron chi connectivity index (χ1n) is 12.1. The van der Waals surface area contributed by atoms with E-state index in [4.69, 9.17) is 9.47 Å². The van der Waals surface area contributed by atoms with Crippen LogP contribution in [0.4, 0.5) is 10.6 Å². The first-order valence-corrected chi connectivity index (χ1v) is 13.0. The quantitative estimate of drug-likeness (QED) is 0.308. The average Bonchev–Trinajstić information content (AvgIpc) is 3.23. The Kier molecular flexibility index (Phi) is 7.16. The smallest absolute Gasteiger partial charge is 0.449 e. The third kappa shape index (κ3) is 5.34. The summed E-state index contributed by atoms with van der Waals surface area (Å²) in [4.78, 5) is 23.6. The Morgan fingerprint density at radius 3 is 2.72 bits per heavy atom. The van der Waals surface area contributed by atoms with Crippen LogP contribution in [0.25, 0.3) is 22.0 Å². The van der Waals surface area contributed by atoms with Gasteiger partial charge in [-0.3, -0.25) is 0 Å². The normalized spacial score (nSPS) is 13.9. The van der Waals surface area contributed by atoms with E-state index in [2.05, 4.69) is 59.0 Å². The summed E-state index contributed by atoms with van der Waals surface area (Å²) in [5.74, 6) is 1.84. The highest BCUT2D eigenvalue weighted by Gasteiger charge is 2.19. The molecule has 0 amide bonds. The number of anilines is 1. The molecule has 2 aromatic heterocycles. The Morgan fingerprint density at radius 1 is 1.14 bits per heavy atom. The Labute approximate surface area is 214 Å². The number of morpholine rings is 1. The topological polar surface area (TPSA) is 84.8 Å². The summed E-state index contributed by atoms with van der Waals surface area (Å²) >= 11 is 1.56. The van der Waals surface area contributed by atoms with Gasteiger partial charge in [-0.15, -0.1) is 11.3 Å². The molecule has 0 bridgehead atoms. The molecule has 3 heterocycles. The molecular weight excluding hydrogens is 474 g/mol. The van der Waals surface area contributed by atoms with Crippen LogP contribution in [0, 0.1) is 5.92 Å². The highest BCUT2D eigenvalue weighted by molar-refractivity contribution is 7.10. The van der Waals surface area contributed by atoms with Crippen LogP contribution in [0.3, 0.4) is 0 Å². The van der Waals surface area contributed by atoms with E-state index in [-0.39, 0.29) is 0 Å². The third-order valence-electron chi connectivity index (χ3n) is 6.26. The van der Waals surface area contributed by atoms with Gasteiger partial charge >= 0.3 is 6.16 Å². The maximum absolute atomic E-state index is 11.4. The van der Waals surface area contributed by atoms with Crippen LogP contribution in [0.5, 0.6) is 5.75 Å². The van der Waals surface area contributed by atoms with E-state index in [1.165, 1.54) is 0 Å². The number of fused-ring (bicyclic) bond motifs is 1. The SMILES string of the molecule is CC(C)Cc1csc(Cc2cccc(-c3ccc4ncnc(N5CCOCC5)c4c3)c2)c1OC(=O)O. The van der Waals surface area contributed by atoms with E-state index in [1.54, 1.807) is 17.7 Å². The lowest BCUT2D eigenvalue weighted by molar-refractivity contribution is 0.122. The standard InChI is InChI=1S/C28H29N3O4S/c1-18(2)12-22-16-36-25(26(22)35-28(32)33)14-19-4-3-5-20(13-19)21-6-7-24-23(15-21)27(30-17-29-24)31-8-10-34-11-9-31/h3-7,13,15-18H,8-12,14H2,1-2H3,(H,32,33). The van der Waals surface area contributed by atoms with Gasteiger partial charge < -0.3 is 19.5 Å². The van der Waals surface area contributed by atoms with Crippen molar-refractivity contribution in [1.82, 2.24) is 9.97 Å². The molecule has 5 rings (SSSR count). The van der Waals surface area contributed by atoms with Gasteiger partial charge in [0.2, 0.25) is 0 Å². The zero-order valence-electron chi connectivity index (χ0n) is 20.4. The molecule has 4 aromatic rings. The van der Waals surface area contributed by atoms with E-state index < -0.39 is 6.16 Å². The van der Waals surface area contributed by atoms with E-state index in [1.807, 2.05) is 17.5 Å². The molecule has 1 N–H and O–H groups in total. The van der Waals surface area contributed by atoms with Gasteiger partial charge in [-0.25, -0.2) is 14.8 Å². The zero-order valence-corrected chi connectivity index (χ0v) is 21.3. The summed E-state index contributed by atoms with van der Waals surface area (Å²) in [6.45, 7) is 7.25. The monoisotopic (exact) mass is 503 g/mol. The molecule has 2 aromatic carbocycles. The summed E-state index contributed by atoms with van der Waals surface area (Å²) < 4.78 is 10.7. The van der Waals surface area contributed by atoms with Gasteiger partial charge in [-0.05, 0) is 46.5 Å². The molecule has 0 unspecified atom stereocenters. The fourth-order valence-electron chi connectivity index (χ4n) is 4.64. The van der Waals surface area contributed by atoms with Crippen LogP contribution < -0.4 is 9.64 Å². The summed E-state index contributed by atoms with van der Waals surface area (Å²) in [6, 6.07) is 14.6. The van der Waals surface area contributed by atoms with Crippen LogP contribution in [-0.2, 0) is 17.6 Å². The minimum Gasteiger partial charge on any atom is -0.449 e. The Balaban J connectivity index is 1.46. The molecule has 1 aliphatic rings. The average molecular weight is 504 g/mol. The minimum absolute atomic E-state index is 0.408. The van der Waals surface area contributed by atoms with Crippen LogP contribution in [0.2, 0.25) is 0 Å². The van der Waals surface area contributed by atoms with E-state index in [0.717, 1.165) is 63.4 Å². The Bertz CT molecular complexity index is 1380. The van der Waals surface area contributed by atoms with Crippen molar-refractivity contribution in [1.29, 1.82) is 0 Å². The summed E-state index contributed by atoms with van der Waals surface area (Å²) in [7, 11) is 0. The number of carbonyl (C=O) groups is 1. The molecular formula is C28H29N3O4S. The highest BCUT2D eigenvalue weighted by atomic mass is 32.1. The second-order valence-corrected chi connectivity index (χ2v) is 10.3. The minimum atomic E-state index is -1.28. The molecule has 0 spiro atoms. The summed E-state index contributed by atoms with van der Waals surface area (Å²) in [5, 5.41) is 12.3. The van der Waals surface area contributed by atoms with E-state index >= 15 is 0 Å². The highest BCUT2D eigenvalue weighted by Crippen LogP contribution is 2.35. The lowest BCUT2D eigenvalue weighted by Crippen LogP contribution is -2.36. The Hall–Kier alpha value is -3.49. The lowest BCUT2D eigenvalue weighted by atomic mass is 9.99. The number of rotatable bonds is 7.